The second-order valence-electron chi connectivity index (χ2n) is 7.65. The summed E-state index contributed by atoms with van der Waals surface area (Å²) < 4.78 is 0. The molecule has 3 rings (SSSR count). The largest absolute Gasteiger partial charge is 0.322 e. The number of rotatable bonds is 4. The van der Waals surface area contributed by atoms with Crippen LogP contribution in [0.4, 0.5) is 5.69 Å². The van der Waals surface area contributed by atoms with Gasteiger partial charge in [0, 0.05) is 12.0 Å². The molecule has 1 aliphatic heterocycles. The number of amides is 1. The minimum Gasteiger partial charge on any atom is -0.322 e. The van der Waals surface area contributed by atoms with Crippen LogP contribution in [0, 0.1) is 0 Å². The van der Waals surface area contributed by atoms with Crippen LogP contribution in [0.3, 0.4) is 0 Å². The van der Waals surface area contributed by atoms with Crippen LogP contribution in [0.1, 0.15) is 45.0 Å². The third-order valence-electron chi connectivity index (χ3n) is 4.48. The van der Waals surface area contributed by atoms with E-state index in [9.17, 15) is 4.79 Å². The smallest absolute Gasteiger partial charge is 0.241 e. The molecule has 1 aromatic carbocycles. The highest BCUT2D eigenvalue weighted by atomic mass is 16.2. The lowest BCUT2D eigenvalue weighted by Crippen LogP contribution is -2.39. The van der Waals surface area contributed by atoms with E-state index in [1.54, 1.807) is 12.4 Å². The van der Waals surface area contributed by atoms with Crippen LogP contribution in [0.25, 0.3) is 0 Å². The maximum Gasteiger partial charge on any atom is 0.241 e. The van der Waals surface area contributed by atoms with Crippen molar-refractivity contribution in [2.45, 2.75) is 51.6 Å². The standard InChI is InChI=1S/C20H26N4O/c1-20(2,3)19-21-12-16(13-22-19)23-18(25)17-10-7-11-24(17)14-15-8-5-4-6-9-15/h4-6,8-9,12-13,17H,7,10-11,14H2,1-3H3,(H,23,25)/t17-/m1/s1. The van der Waals surface area contributed by atoms with Crippen LogP contribution in [0.5, 0.6) is 0 Å². The summed E-state index contributed by atoms with van der Waals surface area (Å²) in [7, 11) is 0. The van der Waals surface area contributed by atoms with Gasteiger partial charge in [-0.25, -0.2) is 9.97 Å². The Morgan fingerprint density at radius 2 is 1.88 bits per heavy atom. The van der Waals surface area contributed by atoms with Crippen LogP contribution >= 0.6 is 0 Å². The van der Waals surface area contributed by atoms with Crippen molar-refractivity contribution < 1.29 is 4.79 Å². The quantitative estimate of drug-likeness (QED) is 0.928. The van der Waals surface area contributed by atoms with Gasteiger partial charge >= 0.3 is 0 Å². The highest BCUT2D eigenvalue weighted by molar-refractivity contribution is 5.94. The molecule has 0 radical (unpaired) electrons. The monoisotopic (exact) mass is 338 g/mol. The number of nitrogens with zero attached hydrogens (tertiary/aromatic N) is 3. The number of benzene rings is 1. The van der Waals surface area contributed by atoms with E-state index in [4.69, 9.17) is 0 Å². The number of anilines is 1. The average Bonchev–Trinajstić information content (AvgIpc) is 3.04. The average molecular weight is 338 g/mol. The van der Waals surface area contributed by atoms with Crippen molar-refractivity contribution in [3.63, 3.8) is 0 Å². The summed E-state index contributed by atoms with van der Waals surface area (Å²) in [6.07, 6.45) is 5.33. The second-order valence-corrected chi connectivity index (χ2v) is 7.65. The fourth-order valence-corrected chi connectivity index (χ4v) is 3.14. The molecule has 1 N–H and O–H groups in total. The summed E-state index contributed by atoms with van der Waals surface area (Å²) in [5.74, 6) is 0.803. The third-order valence-corrected chi connectivity index (χ3v) is 4.48. The highest BCUT2D eigenvalue weighted by Gasteiger charge is 2.30. The Bertz CT molecular complexity index is 707. The van der Waals surface area contributed by atoms with Gasteiger partial charge < -0.3 is 5.32 Å². The van der Waals surface area contributed by atoms with Crippen LogP contribution in [-0.2, 0) is 16.8 Å². The molecule has 1 aliphatic rings. The first-order valence-corrected chi connectivity index (χ1v) is 8.85. The second kappa shape index (κ2) is 7.31. The van der Waals surface area contributed by atoms with Gasteiger partial charge in [0.25, 0.3) is 0 Å². The number of carbonyl (C=O) groups excluding carboxylic acids is 1. The molecule has 2 aromatic rings. The maximum atomic E-state index is 12.7. The predicted molar refractivity (Wildman–Crippen MR) is 99.2 cm³/mol. The molecule has 5 nitrogen and oxygen atoms in total. The molecule has 25 heavy (non-hydrogen) atoms. The highest BCUT2D eigenvalue weighted by Crippen LogP contribution is 2.22. The van der Waals surface area contributed by atoms with Crippen molar-refractivity contribution in [1.29, 1.82) is 0 Å². The minimum absolute atomic E-state index is 0.0283. The zero-order valence-electron chi connectivity index (χ0n) is 15.2. The normalized spacial score (nSPS) is 18.3. The Labute approximate surface area is 149 Å². The molecule has 1 amide bonds. The lowest BCUT2D eigenvalue weighted by Gasteiger charge is -2.23. The van der Waals surface area contributed by atoms with Gasteiger partial charge in [-0.05, 0) is 24.9 Å². The summed E-state index contributed by atoms with van der Waals surface area (Å²) in [6.45, 7) is 7.96. The summed E-state index contributed by atoms with van der Waals surface area (Å²) in [5.41, 5.74) is 1.80. The van der Waals surface area contributed by atoms with Crippen LogP contribution in [-0.4, -0.2) is 33.4 Å². The van der Waals surface area contributed by atoms with Crippen LogP contribution < -0.4 is 5.32 Å². The molecule has 1 atom stereocenters. The Morgan fingerprint density at radius 1 is 1.20 bits per heavy atom. The Morgan fingerprint density at radius 3 is 2.52 bits per heavy atom. The van der Waals surface area contributed by atoms with Gasteiger partial charge in [0.1, 0.15) is 5.82 Å². The van der Waals surface area contributed by atoms with Crippen molar-refractivity contribution in [1.82, 2.24) is 14.9 Å². The van der Waals surface area contributed by atoms with E-state index in [0.29, 0.717) is 5.69 Å². The predicted octanol–water partition coefficient (Wildman–Crippen LogP) is 3.38. The van der Waals surface area contributed by atoms with Crippen molar-refractivity contribution >= 4 is 11.6 Å². The molecule has 0 spiro atoms. The van der Waals surface area contributed by atoms with E-state index < -0.39 is 0 Å². The van der Waals surface area contributed by atoms with Crippen LogP contribution in [0.15, 0.2) is 42.7 Å². The lowest BCUT2D eigenvalue weighted by molar-refractivity contribution is -0.120. The van der Waals surface area contributed by atoms with Crippen molar-refractivity contribution in [3.05, 3.63) is 54.1 Å². The molecule has 0 aliphatic carbocycles. The molecule has 132 valence electrons. The summed E-state index contributed by atoms with van der Waals surface area (Å²) in [5, 5.41) is 2.97. The van der Waals surface area contributed by atoms with E-state index in [0.717, 1.165) is 31.8 Å². The van der Waals surface area contributed by atoms with E-state index in [1.165, 1.54) is 5.56 Å². The Kier molecular flexibility index (Phi) is 5.13. The topological polar surface area (TPSA) is 58.1 Å². The zero-order chi connectivity index (χ0) is 17.9. The van der Waals surface area contributed by atoms with Gasteiger partial charge in [-0.1, -0.05) is 51.1 Å². The van der Waals surface area contributed by atoms with Gasteiger partial charge in [0.05, 0.1) is 24.1 Å². The first-order valence-electron chi connectivity index (χ1n) is 8.85. The van der Waals surface area contributed by atoms with Crippen molar-refractivity contribution in [2.75, 3.05) is 11.9 Å². The number of nitrogens with one attached hydrogen (secondary N) is 1. The number of likely N-dealkylation sites (tertiary alicyclic amines) is 1. The Balaban J connectivity index is 1.64. The van der Waals surface area contributed by atoms with Crippen molar-refractivity contribution in [3.8, 4) is 0 Å². The summed E-state index contributed by atoms with van der Waals surface area (Å²) in [6, 6.07) is 10.2. The third kappa shape index (κ3) is 4.42. The number of carbonyl (C=O) groups is 1. The number of hydrogen-bond acceptors (Lipinski definition) is 4. The number of hydrogen-bond donors (Lipinski definition) is 1. The molecular weight excluding hydrogens is 312 g/mol. The molecule has 1 saturated heterocycles. The molecule has 5 heteroatoms. The minimum atomic E-state index is -0.0968. The van der Waals surface area contributed by atoms with Gasteiger partial charge in [-0.2, -0.15) is 0 Å². The zero-order valence-corrected chi connectivity index (χ0v) is 15.2. The molecule has 0 bridgehead atoms. The Hall–Kier alpha value is -2.27. The fourth-order valence-electron chi connectivity index (χ4n) is 3.14. The van der Waals surface area contributed by atoms with E-state index >= 15 is 0 Å². The molecular formula is C20H26N4O. The number of aromatic nitrogens is 2. The van der Waals surface area contributed by atoms with E-state index in [2.05, 4.69) is 53.1 Å². The molecule has 1 aromatic heterocycles. The van der Waals surface area contributed by atoms with Gasteiger partial charge in [-0.15, -0.1) is 0 Å². The maximum absolute atomic E-state index is 12.7. The van der Waals surface area contributed by atoms with Crippen molar-refractivity contribution in [2.24, 2.45) is 0 Å². The summed E-state index contributed by atoms with van der Waals surface area (Å²) in [4.78, 5) is 23.7. The van der Waals surface area contributed by atoms with Gasteiger partial charge in [-0.3, -0.25) is 9.69 Å². The van der Waals surface area contributed by atoms with E-state index in [1.807, 2.05) is 18.2 Å². The molecule has 0 saturated carbocycles. The van der Waals surface area contributed by atoms with Crippen LogP contribution in [0.2, 0.25) is 0 Å². The van der Waals surface area contributed by atoms with Gasteiger partial charge in [0.2, 0.25) is 5.91 Å². The molecule has 0 unspecified atom stereocenters. The first-order chi connectivity index (χ1) is 11.9. The molecule has 2 heterocycles. The van der Waals surface area contributed by atoms with Gasteiger partial charge in [0.15, 0.2) is 0 Å². The summed E-state index contributed by atoms with van der Waals surface area (Å²) >= 11 is 0. The fraction of sp³-hybridized carbons (Fsp3) is 0.450. The lowest BCUT2D eigenvalue weighted by atomic mass is 9.96. The first kappa shape index (κ1) is 17.5. The van der Waals surface area contributed by atoms with E-state index in [-0.39, 0.29) is 17.4 Å². The molecule has 1 fully saturated rings. The SMILES string of the molecule is CC(C)(C)c1ncc(NC(=O)[C@H]2CCCN2Cc2ccccc2)cn1.